The molecule has 4 heteroatoms. The van der Waals surface area contributed by atoms with Gasteiger partial charge >= 0.3 is 0 Å². The Balaban J connectivity index is 2.25. The number of nitrogens with one attached hydrogen (secondary N) is 1. The zero-order valence-electron chi connectivity index (χ0n) is 10.7. The van der Waals surface area contributed by atoms with Crippen molar-refractivity contribution in [2.45, 2.75) is 39.0 Å². The van der Waals surface area contributed by atoms with E-state index in [0.717, 1.165) is 22.9 Å². The highest BCUT2D eigenvalue weighted by Crippen LogP contribution is 2.09. The van der Waals surface area contributed by atoms with Crippen LogP contribution in [0.1, 0.15) is 44.6 Å². The molecule has 0 fully saturated rings. The highest BCUT2D eigenvalue weighted by molar-refractivity contribution is 9.10. The van der Waals surface area contributed by atoms with Gasteiger partial charge in [0.25, 0.3) is 0 Å². The Kier molecular flexibility index (Phi) is 7.34. The third kappa shape index (κ3) is 6.55. The summed E-state index contributed by atoms with van der Waals surface area (Å²) in [6.45, 7) is 2.16. The number of unbranched alkanes of at least 4 members (excludes halogenated alkanes) is 3. The Bertz CT molecular complexity index is 405. The topological polar surface area (TPSA) is 41.5 Å². The predicted octanol–water partition coefficient (Wildman–Crippen LogP) is 3.87. The standard InChI is InChI=1S/C14H19BrN2O/c1-2-3-4-5-9-14(18)17-16-11-12-7-6-8-13(15)10-12/h6-8,10-11H,2-5,9H2,1H3,(H,17,18)/b16-11+. The van der Waals surface area contributed by atoms with Crippen molar-refractivity contribution in [1.82, 2.24) is 5.43 Å². The molecule has 0 heterocycles. The van der Waals surface area contributed by atoms with Gasteiger partial charge in [-0.25, -0.2) is 5.43 Å². The largest absolute Gasteiger partial charge is 0.273 e. The fourth-order valence-corrected chi connectivity index (χ4v) is 1.95. The second kappa shape index (κ2) is 8.86. The summed E-state index contributed by atoms with van der Waals surface area (Å²) in [6.07, 6.45) is 6.62. The van der Waals surface area contributed by atoms with Crippen LogP contribution >= 0.6 is 15.9 Å². The van der Waals surface area contributed by atoms with E-state index in [-0.39, 0.29) is 5.91 Å². The molecule has 0 spiro atoms. The average Bonchev–Trinajstić information content (AvgIpc) is 2.35. The zero-order chi connectivity index (χ0) is 13.2. The van der Waals surface area contributed by atoms with Gasteiger partial charge in [-0.15, -0.1) is 0 Å². The Morgan fingerprint density at radius 3 is 2.94 bits per heavy atom. The highest BCUT2D eigenvalue weighted by atomic mass is 79.9. The molecule has 0 bridgehead atoms. The van der Waals surface area contributed by atoms with Gasteiger partial charge in [0.2, 0.25) is 5.91 Å². The Morgan fingerprint density at radius 2 is 2.22 bits per heavy atom. The maximum atomic E-state index is 11.4. The van der Waals surface area contributed by atoms with Gasteiger partial charge in [0.05, 0.1) is 6.21 Å². The molecule has 0 atom stereocenters. The van der Waals surface area contributed by atoms with Crippen molar-refractivity contribution in [2.75, 3.05) is 0 Å². The lowest BCUT2D eigenvalue weighted by Gasteiger charge is -1.99. The van der Waals surface area contributed by atoms with Crippen LogP contribution in [-0.2, 0) is 4.79 Å². The summed E-state index contributed by atoms with van der Waals surface area (Å²) >= 11 is 3.38. The van der Waals surface area contributed by atoms with Gasteiger partial charge in [0.15, 0.2) is 0 Å². The van der Waals surface area contributed by atoms with Gasteiger partial charge in [-0.05, 0) is 24.1 Å². The smallest absolute Gasteiger partial charge is 0.240 e. The van der Waals surface area contributed by atoms with Gasteiger partial charge in [0.1, 0.15) is 0 Å². The van der Waals surface area contributed by atoms with E-state index in [1.165, 1.54) is 12.8 Å². The number of hydrogen-bond donors (Lipinski definition) is 1. The molecule has 0 aliphatic heterocycles. The lowest BCUT2D eigenvalue weighted by Crippen LogP contribution is -2.16. The first kappa shape index (κ1) is 14.9. The minimum atomic E-state index is -0.0163. The van der Waals surface area contributed by atoms with Gasteiger partial charge in [-0.1, -0.05) is 54.2 Å². The summed E-state index contributed by atoms with van der Waals surface area (Å²) in [4.78, 5) is 11.4. The predicted molar refractivity (Wildman–Crippen MR) is 78.6 cm³/mol. The quantitative estimate of drug-likeness (QED) is 0.463. The molecule has 0 aliphatic carbocycles. The first-order valence-electron chi connectivity index (χ1n) is 6.30. The summed E-state index contributed by atoms with van der Waals surface area (Å²) < 4.78 is 0.998. The van der Waals surface area contributed by atoms with Crippen molar-refractivity contribution < 1.29 is 4.79 Å². The van der Waals surface area contributed by atoms with Crippen LogP contribution in [0.15, 0.2) is 33.8 Å². The molecule has 98 valence electrons. The summed E-state index contributed by atoms with van der Waals surface area (Å²) in [7, 11) is 0. The monoisotopic (exact) mass is 310 g/mol. The van der Waals surface area contributed by atoms with Crippen molar-refractivity contribution in [3.8, 4) is 0 Å². The molecule has 1 amide bonds. The highest BCUT2D eigenvalue weighted by Gasteiger charge is 1.98. The van der Waals surface area contributed by atoms with E-state index >= 15 is 0 Å². The molecule has 0 saturated heterocycles. The maximum Gasteiger partial charge on any atom is 0.240 e. The van der Waals surface area contributed by atoms with Crippen LogP contribution in [-0.4, -0.2) is 12.1 Å². The van der Waals surface area contributed by atoms with E-state index in [1.807, 2.05) is 24.3 Å². The molecule has 0 aliphatic rings. The first-order valence-corrected chi connectivity index (χ1v) is 7.09. The minimum absolute atomic E-state index is 0.0163. The summed E-state index contributed by atoms with van der Waals surface area (Å²) in [5, 5.41) is 3.94. The Morgan fingerprint density at radius 1 is 1.39 bits per heavy atom. The van der Waals surface area contributed by atoms with Crippen LogP contribution in [0, 0.1) is 0 Å². The number of hydrogen-bond acceptors (Lipinski definition) is 2. The molecule has 0 radical (unpaired) electrons. The Labute approximate surface area is 117 Å². The van der Waals surface area contributed by atoms with Crippen molar-refractivity contribution in [2.24, 2.45) is 5.10 Å². The third-order valence-corrected chi connectivity index (χ3v) is 3.00. The lowest BCUT2D eigenvalue weighted by atomic mass is 10.1. The van der Waals surface area contributed by atoms with Gasteiger partial charge < -0.3 is 0 Å². The molecule has 1 N–H and O–H groups in total. The van der Waals surface area contributed by atoms with E-state index in [9.17, 15) is 4.79 Å². The summed E-state index contributed by atoms with van der Waals surface area (Å²) in [6, 6.07) is 7.75. The molecule has 0 aromatic heterocycles. The van der Waals surface area contributed by atoms with Gasteiger partial charge in [-0.2, -0.15) is 5.10 Å². The molecule has 1 aromatic rings. The molecule has 0 unspecified atom stereocenters. The van der Waals surface area contributed by atoms with Crippen LogP contribution in [0.2, 0.25) is 0 Å². The zero-order valence-corrected chi connectivity index (χ0v) is 12.2. The van der Waals surface area contributed by atoms with Crippen LogP contribution in [0.5, 0.6) is 0 Å². The number of rotatable bonds is 7. The number of carbonyl (C=O) groups is 1. The van der Waals surface area contributed by atoms with Crippen molar-refractivity contribution in [3.05, 3.63) is 34.3 Å². The minimum Gasteiger partial charge on any atom is -0.273 e. The summed E-state index contributed by atoms with van der Waals surface area (Å²) in [5.41, 5.74) is 3.50. The van der Waals surface area contributed by atoms with Crippen LogP contribution in [0.4, 0.5) is 0 Å². The normalized spacial score (nSPS) is 10.8. The van der Waals surface area contributed by atoms with E-state index < -0.39 is 0 Å². The average molecular weight is 311 g/mol. The van der Waals surface area contributed by atoms with E-state index in [2.05, 4.69) is 33.4 Å². The summed E-state index contributed by atoms with van der Waals surface area (Å²) in [5.74, 6) is -0.0163. The van der Waals surface area contributed by atoms with Crippen molar-refractivity contribution in [3.63, 3.8) is 0 Å². The second-order valence-electron chi connectivity index (χ2n) is 4.16. The van der Waals surface area contributed by atoms with E-state index in [0.29, 0.717) is 6.42 Å². The number of carbonyl (C=O) groups excluding carboxylic acids is 1. The fourth-order valence-electron chi connectivity index (χ4n) is 1.53. The third-order valence-electron chi connectivity index (χ3n) is 2.51. The number of benzene rings is 1. The fraction of sp³-hybridized carbons (Fsp3) is 0.429. The van der Waals surface area contributed by atoms with Crippen molar-refractivity contribution in [1.29, 1.82) is 0 Å². The number of amides is 1. The first-order chi connectivity index (χ1) is 8.72. The number of halogens is 1. The van der Waals surface area contributed by atoms with Crippen LogP contribution in [0.3, 0.4) is 0 Å². The van der Waals surface area contributed by atoms with Gasteiger partial charge in [-0.3, -0.25) is 4.79 Å². The molecule has 1 rings (SSSR count). The van der Waals surface area contributed by atoms with E-state index in [4.69, 9.17) is 0 Å². The SMILES string of the molecule is CCCCCCC(=O)N/N=C/c1cccc(Br)c1. The molecular formula is C14H19BrN2O. The molecule has 3 nitrogen and oxygen atoms in total. The Hall–Kier alpha value is -1.16. The molecule has 1 aromatic carbocycles. The second-order valence-corrected chi connectivity index (χ2v) is 5.07. The maximum absolute atomic E-state index is 11.4. The van der Waals surface area contributed by atoms with E-state index in [1.54, 1.807) is 6.21 Å². The van der Waals surface area contributed by atoms with Crippen molar-refractivity contribution >= 4 is 28.1 Å². The number of hydrazone groups is 1. The number of nitrogens with zero attached hydrogens (tertiary/aromatic N) is 1. The molecule has 0 saturated carbocycles. The molecule has 18 heavy (non-hydrogen) atoms. The molecular weight excluding hydrogens is 292 g/mol. The van der Waals surface area contributed by atoms with Crippen LogP contribution < -0.4 is 5.43 Å². The van der Waals surface area contributed by atoms with Gasteiger partial charge in [0, 0.05) is 10.9 Å². The lowest BCUT2D eigenvalue weighted by molar-refractivity contribution is -0.121. The van der Waals surface area contributed by atoms with Crippen LogP contribution in [0.25, 0.3) is 0 Å².